The van der Waals surface area contributed by atoms with Gasteiger partial charge in [-0.1, -0.05) is 29.3 Å². The van der Waals surface area contributed by atoms with Gasteiger partial charge in [0.1, 0.15) is 0 Å². The van der Waals surface area contributed by atoms with Gasteiger partial charge in [0, 0.05) is 11.6 Å². The van der Waals surface area contributed by atoms with E-state index < -0.39 is 0 Å². The highest BCUT2D eigenvalue weighted by atomic mass is 35.5. The zero-order valence-corrected chi connectivity index (χ0v) is 11.2. The third-order valence-electron chi connectivity index (χ3n) is 2.70. The Kier molecular flexibility index (Phi) is 3.43. The van der Waals surface area contributed by atoms with Crippen molar-refractivity contribution >= 4 is 23.2 Å². The molecule has 0 unspecified atom stereocenters. The average molecular weight is 270 g/mol. The molecule has 0 saturated heterocycles. The fraction of sp³-hybridized carbons (Fsp3) is 0.250. The number of nitrogens with two attached hydrogens (primary N) is 1. The third kappa shape index (κ3) is 2.18. The number of nitrogens with zero attached hydrogens (tertiary/aromatic N) is 2. The van der Waals surface area contributed by atoms with Gasteiger partial charge in [0.05, 0.1) is 22.1 Å². The summed E-state index contributed by atoms with van der Waals surface area (Å²) in [6, 6.07) is 5.69. The highest BCUT2D eigenvalue weighted by Crippen LogP contribution is 2.25. The van der Waals surface area contributed by atoms with Crippen molar-refractivity contribution in [2.75, 3.05) is 0 Å². The minimum Gasteiger partial charge on any atom is -0.326 e. The quantitative estimate of drug-likeness (QED) is 0.910. The van der Waals surface area contributed by atoms with Crippen molar-refractivity contribution in [1.29, 1.82) is 0 Å². The van der Waals surface area contributed by atoms with E-state index in [2.05, 4.69) is 5.10 Å². The predicted molar refractivity (Wildman–Crippen MR) is 70.9 cm³/mol. The van der Waals surface area contributed by atoms with Crippen LogP contribution in [-0.2, 0) is 6.54 Å². The van der Waals surface area contributed by atoms with Gasteiger partial charge in [0.25, 0.3) is 0 Å². The largest absolute Gasteiger partial charge is 0.326 e. The van der Waals surface area contributed by atoms with Gasteiger partial charge in [-0.3, -0.25) is 0 Å². The van der Waals surface area contributed by atoms with Gasteiger partial charge in [-0.05, 0) is 31.5 Å². The van der Waals surface area contributed by atoms with Crippen LogP contribution >= 0.6 is 23.2 Å². The van der Waals surface area contributed by atoms with Crippen molar-refractivity contribution in [3.8, 4) is 5.69 Å². The molecule has 1 heterocycles. The van der Waals surface area contributed by atoms with E-state index >= 15 is 0 Å². The number of hydrogen-bond acceptors (Lipinski definition) is 2. The second kappa shape index (κ2) is 4.69. The molecular formula is C12H13Cl2N3. The molecule has 3 nitrogen and oxygen atoms in total. The zero-order chi connectivity index (χ0) is 12.6. The van der Waals surface area contributed by atoms with Crippen LogP contribution in [0.4, 0.5) is 0 Å². The van der Waals surface area contributed by atoms with E-state index in [1.54, 1.807) is 4.68 Å². The molecule has 0 radical (unpaired) electrons. The summed E-state index contributed by atoms with van der Waals surface area (Å²) < 4.78 is 1.78. The lowest BCUT2D eigenvalue weighted by atomic mass is 10.2. The number of aryl methyl sites for hydroxylation is 1. The van der Waals surface area contributed by atoms with Crippen LogP contribution in [0.2, 0.25) is 10.0 Å². The Labute approximate surface area is 110 Å². The summed E-state index contributed by atoms with van der Waals surface area (Å²) in [5, 5.41) is 5.70. The molecule has 0 fully saturated rings. The number of rotatable bonds is 2. The highest BCUT2D eigenvalue weighted by molar-refractivity contribution is 6.32. The maximum Gasteiger partial charge on any atom is 0.0848 e. The van der Waals surface area contributed by atoms with Gasteiger partial charge in [-0.15, -0.1) is 0 Å². The molecule has 2 N–H and O–H groups in total. The van der Waals surface area contributed by atoms with E-state index in [0.717, 1.165) is 22.6 Å². The Balaban J connectivity index is 2.53. The lowest BCUT2D eigenvalue weighted by Gasteiger charge is -2.07. The normalized spacial score (nSPS) is 10.9. The van der Waals surface area contributed by atoms with Crippen LogP contribution < -0.4 is 5.73 Å². The van der Waals surface area contributed by atoms with E-state index in [9.17, 15) is 0 Å². The van der Waals surface area contributed by atoms with Crippen LogP contribution in [-0.4, -0.2) is 9.78 Å². The summed E-state index contributed by atoms with van der Waals surface area (Å²) in [7, 11) is 0. The van der Waals surface area contributed by atoms with Crippen molar-refractivity contribution in [1.82, 2.24) is 9.78 Å². The first-order valence-corrected chi connectivity index (χ1v) is 6.00. The number of hydrogen-bond donors (Lipinski definition) is 1. The Bertz CT molecular complexity index is 561. The average Bonchev–Trinajstić information content (AvgIpc) is 2.57. The molecule has 0 bridgehead atoms. The summed E-state index contributed by atoms with van der Waals surface area (Å²) in [5.74, 6) is 0. The Morgan fingerprint density at radius 2 is 2.00 bits per heavy atom. The fourth-order valence-electron chi connectivity index (χ4n) is 1.71. The molecule has 1 aromatic heterocycles. The molecule has 0 aliphatic heterocycles. The molecule has 2 aromatic rings. The first kappa shape index (κ1) is 12.4. The van der Waals surface area contributed by atoms with Gasteiger partial charge >= 0.3 is 0 Å². The molecule has 2 rings (SSSR count). The minimum atomic E-state index is 0.428. The Morgan fingerprint density at radius 3 is 2.47 bits per heavy atom. The van der Waals surface area contributed by atoms with Crippen LogP contribution in [0.15, 0.2) is 18.2 Å². The molecule has 17 heavy (non-hydrogen) atoms. The van der Waals surface area contributed by atoms with Crippen LogP contribution in [0.25, 0.3) is 5.69 Å². The van der Waals surface area contributed by atoms with Crippen LogP contribution in [0.1, 0.15) is 17.0 Å². The van der Waals surface area contributed by atoms with Crippen molar-refractivity contribution in [2.45, 2.75) is 20.4 Å². The molecule has 0 aliphatic carbocycles. The van der Waals surface area contributed by atoms with Crippen LogP contribution in [0, 0.1) is 13.8 Å². The maximum absolute atomic E-state index is 6.12. The third-order valence-corrected chi connectivity index (χ3v) is 3.60. The number of halogens is 2. The van der Waals surface area contributed by atoms with Crippen LogP contribution in [0.3, 0.4) is 0 Å². The molecular weight excluding hydrogens is 257 g/mol. The summed E-state index contributed by atoms with van der Waals surface area (Å²) in [4.78, 5) is 0. The topological polar surface area (TPSA) is 43.8 Å². The Hall–Kier alpha value is -1.03. The monoisotopic (exact) mass is 269 g/mol. The van der Waals surface area contributed by atoms with E-state index in [1.165, 1.54) is 0 Å². The fourth-order valence-corrected chi connectivity index (χ4v) is 2.08. The summed E-state index contributed by atoms with van der Waals surface area (Å²) in [6.45, 7) is 4.23. The smallest absolute Gasteiger partial charge is 0.0848 e. The second-order valence-corrected chi connectivity index (χ2v) is 4.66. The molecule has 0 amide bonds. The van der Waals surface area contributed by atoms with Gasteiger partial charge in [0.15, 0.2) is 0 Å². The van der Waals surface area contributed by atoms with Gasteiger partial charge in [-0.25, -0.2) is 4.68 Å². The standard InChI is InChI=1S/C12H13Cl2N3/c1-7-12(14)8(2)17(16-7)10-4-3-9(6-15)11(13)5-10/h3-5H,6,15H2,1-2H3. The predicted octanol–water partition coefficient (Wildman–Crippen LogP) is 3.25. The molecule has 1 aromatic carbocycles. The molecule has 5 heteroatoms. The van der Waals surface area contributed by atoms with Gasteiger partial charge < -0.3 is 5.73 Å². The SMILES string of the molecule is Cc1nn(-c2ccc(CN)c(Cl)c2)c(C)c1Cl. The second-order valence-electron chi connectivity index (χ2n) is 3.88. The molecule has 0 saturated carbocycles. The molecule has 0 atom stereocenters. The van der Waals surface area contributed by atoms with E-state index in [0.29, 0.717) is 16.6 Å². The van der Waals surface area contributed by atoms with Gasteiger partial charge in [-0.2, -0.15) is 5.10 Å². The van der Waals surface area contributed by atoms with Gasteiger partial charge in [0.2, 0.25) is 0 Å². The summed E-state index contributed by atoms with van der Waals surface area (Å²) >= 11 is 12.2. The van der Waals surface area contributed by atoms with E-state index in [-0.39, 0.29) is 0 Å². The van der Waals surface area contributed by atoms with E-state index in [1.807, 2.05) is 32.0 Å². The van der Waals surface area contributed by atoms with Crippen molar-refractivity contribution < 1.29 is 0 Å². The highest BCUT2D eigenvalue weighted by Gasteiger charge is 2.11. The maximum atomic E-state index is 6.12. The molecule has 0 aliphatic rings. The first-order chi connectivity index (χ1) is 8.04. The first-order valence-electron chi connectivity index (χ1n) is 5.25. The summed E-state index contributed by atoms with van der Waals surface area (Å²) in [5.41, 5.74) is 9.09. The molecule has 90 valence electrons. The summed E-state index contributed by atoms with van der Waals surface area (Å²) in [6.07, 6.45) is 0. The van der Waals surface area contributed by atoms with Crippen molar-refractivity contribution in [3.05, 3.63) is 45.2 Å². The number of benzene rings is 1. The lowest BCUT2D eigenvalue weighted by molar-refractivity contribution is 0.832. The van der Waals surface area contributed by atoms with Crippen molar-refractivity contribution in [2.24, 2.45) is 5.73 Å². The lowest BCUT2D eigenvalue weighted by Crippen LogP contribution is -2.02. The van der Waals surface area contributed by atoms with E-state index in [4.69, 9.17) is 28.9 Å². The number of aromatic nitrogens is 2. The zero-order valence-electron chi connectivity index (χ0n) is 9.67. The molecule has 0 spiro atoms. The van der Waals surface area contributed by atoms with Crippen molar-refractivity contribution in [3.63, 3.8) is 0 Å². The minimum absolute atomic E-state index is 0.428. The Morgan fingerprint density at radius 1 is 1.29 bits per heavy atom. The van der Waals surface area contributed by atoms with Crippen LogP contribution in [0.5, 0.6) is 0 Å².